The first-order valence-electron chi connectivity index (χ1n) is 6.70. The van der Waals surface area contributed by atoms with Crippen LogP contribution in [0.25, 0.3) is 0 Å². The van der Waals surface area contributed by atoms with Crippen LogP contribution in [-0.2, 0) is 4.74 Å². The normalized spacial score (nSPS) is 26.8. The molecule has 3 heteroatoms. The molecular weight excluding hydrogens is 200 g/mol. The maximum Gasteiger partial charge on any atom is 0.0604 e. The molecule has 96 valence electrons. The number of hydrogen-bond donors (Lipinski definition) is 2. The van der Waals surface area contributed by atoms with Gasteiger partial charge in [0.05, 0.1) is 6.10 Å². The van der Waals surface area contributed by atoms with Crippen LogP contribution in [-0.4, -0.2) is 31.8 Å². The Morgan fingerprint density at radius 2 is 2.06 bits per heavy atom. The van der Waals surface area contributed by atoms with Crippen LogP contribution in [0, 0.1) is 11.8 Å². The van der Waals surface area contributed by atoms with Gasteiger partial charge in [-0.05, 0) is 51.1 Å². The van der Waals surface area contributed by atoms with E-state index < -0.39 is 0 Å². The topological polar surface area (TPSA) is 47.3 Å². The molecule has 0 saturated heterocycles. The highest BCUT2D eigenvalue weighted by atomic mass is 16.5. The van der Waals surface area contributed by atoms with E-state index in [-0.39, 0.29) is 0 Å². The van der Waals surface area contributed by atoms with E-state index in [1.165, 1.54) is 19.3 Å². The molecule has 0 bridgehead atoms. The lowest BCUT2D eigenvalue weighted by Gasteiger charge is -2.36. The van der Waals surface area contributed by atoms with Gasteiger partial charge in [0, 0.05) is 12.6 Å². The maximum absolute atomic E-state index is 5.78. The Kier molecular flexibility index (Phi) is 6.32. The molecule has 1 atom stereocenters. The van der Waals surface area contributed by atoms with Gasteiger partial charge in [-0.3, -0.25) is 0 Å². The average molecular weight is 228 g/mol. The summed E-state index contributed by atoms with van der Waals surface area (Å²) in [4.78, 5) is 0. The summed E-state index contributed by atoms with van der Waals surface area (Å²) in [5, 5.41) is 3.60. The number of ether oxygens (including phenoxy) is 1. The summed E-state index contributed by atoms with van der Waals surface area (Å²) >= 11 is 0. The van der Waals surface area contributed by atoms with Gasteiger partial charge in [-0.25, -0.2) is 0 Å². The summed E-state index contributed by atoms with van der Waals surface area (Å²) in [6, 6.07) is 0.665. The average Bonchev–Trinajstić information content (AvgIpc) is 2.18. The number of rotatable bonds is 8. The Morgan fingerprint density at radius 1 is 1.38 bits per heavy atom. The van der Waals surface area contributed by atoms with Gasteiger partial charge in [-0.1, -0.05) is 13.8 Å². The largest absolute Gasteiger partial charge is 0.378 e. The van der Waals surface area contributed by atoms with Gasteiger partial charge in [0.15, 0.2) is 0 Å². The van der Waals surface area contributed by atoms with Crippen LogP contribution in [0.3, 0.4) is 0 Å². The molecule has 0 aromatic carbocycles. The third kappa shape index (κ3) is 4.81. The Bertz CT molecular complexity index is 179. The van der Waals surface area contributed by atoms with Crippen molar-refractivity contribution in [1.82, 2.24) is 5.32 Å². The lowest BCUT2D eigenvalue weighted by Crippen LogP contribution is -2.47. The molecule has 1 unspecified atom stereocenters. The van der Waals surface area contributed by atoms with Crippen LogP contribution in [0.1, 0.15) is 40.0 Å². The third-order valence-corrected chi connectivity index (χ3v) is 3.33. The van der Waals surface area contributed by atoms with Crippen LogP contribution in [0.4, 0.5) is 0 Å². The molecular formula is C13H28N2O. The van der Waals surface area contributed by atoms with Crippen molar-refractivity contribution in [3.05, 3.63) is 0 Å². The predicted molar refractivity (Wildman–Crippen MR) is 68.4 cm³/mol. The molecule has 0 spiro atoms. The molecule has 1 rings (SSSR count). The monoisotopic (exact) mass is 228 g/mol. The van der Waals surface area contributed by atoms with Crippen LogP contribution >= 0.6 is 0 Å². The highest BCUT2D eigenvalue weighted by Crippen LogP contribution is 2.23. The van der Waals surface area contributed by atoms with Crippen LogP contribution in [0.2, 0.25) is 0 Å². The van der Waals surface area contributed by atoms with E-state index in [1.54, 1.807) is 0 Å². The van der Waals surface area contributed by atoms with Gasteiger partial charge >= 0.3 is 0 Å². The third-order valence-electron chi connectivity index (χ3n) is 3.33. The number of hydrogen-bond acceptors (Lipinski definition) is 3. The Morgan fingerprint density at radius 3 is 2.56 bits per heavy atom. The first-order valence-corrected chi connectivity index (χ1v) is 6.70. The number of nitrogens with two attached hydrogens (primary N) is 1. The first-order chi connectivity index (χ1) is 7.65. The van der Waals surface area contributed by atoms with Crippen LogP contribution in [0.5, 0.6) is 0 Å². The van der Waals surface area contributed by atoms with Gasteiger partial charge < -0.3 is 15.8 Å². The van der Waals surface area contributed by atoms with Crippen LogP contribution < -0.4 is 11.1 Å². The van der Waals surface area contributed by atoms with Crippen LogP contribution in [0.15, 0.2) is 0 Å². The molecule has 0 aromatic rings. The van der Waals surface area contributed by atoms with Crippen molar-refractivity contribution < 1.29 is 4.74 Å². The molecule has 0 amide bonds. The lowest BCUT2D eigenvalue weighted by molar-refractivity contribution is -0.0106. The quantitative estimate of drug-likeness (QED) is 0.665. The molecule has 1 aliphatic carbocycles. The zero-order valence-corrected chi connectivity index (χ0v) is 11.0. The summed E-state index contributed by atoms with van der Waals surface area (Å²) in [6.07, 6.45) is 4.08. The fourth-order valence-corrected chi connectivity index (χ4v) is 2.37. The van der Waals surface area contributed by atoms with Gasteiger partial charge in [-0.15, -0.1) is 0 Å². The minimum atomic E-state index is 0.504. The smallest absolute Gasteiger partial charge is 0.0604 e. The van der Waals surface area contributed by atoms with E-state index in [0.29, 0.717) is 18.1 Å². The predicted octanol–water partition coefficient (Wildman–Crippen LogP) is 1.76. The van der Waals surface area contributed by atoms with Crippen molar-refractivity contribution in [2.45, 2.75) is 52.2 Å². The summed E-state index contributed by atoms with van der Waals surface area (Å²) in [5.74, 6) is 1.37. The van der Waals surface area contributed by atoms with Gasteiger partial charge in [0.2, 0.25) is 0 Å². The summed E-state index contributed by atoms with van der Waals surface area (Å²) < 4.78 is 5.54. The molecule has 1 fully saturated rings. The zero-order valence-electron chi connectivity index (χ0n) is 11.0. The summed E-state index contributed by atoms with van der Waals surface area (Å²) in [7, 11) is 0. The Hall–Kier alpha value is -0.120. The molecule has 3 N–H and O–H groups in total. The SMILES string of the molecule is CCOC1CC(NCC(CN)CC(C)C)C1. The molecule has 0 radical (unpaired) electrons. The highest BCUT2D eigenvalue weighted by molar-refractivity contribution is 4.86. The first kappa shape index (κ1) is 13.9. The minimum Gasteiger partial charge on any atom is -0.378 e. The van der Waals surface area contributed by atoms with Gasteiger partial charge in [0.1, 0.15) is 0 Å². The molecule has 3 nitrogen and oxygen atoms in total. The van der Waals surface area contributed by atoms with Gasteiger partial charge in [0.25, 0.3) is 0 Å². The molecule has 0 heterocycles. The van der Waals surface area contributed by atoms with E-state index in [2.05, 4.69) is 26.1 Å². The van der Waals surface area contributed by atoms with Crippen molar-refractivity contribution in [3.63, 3.8) is 0 Å². The van der Waals surface area contributed by atoms with E-state index >= 15 is 0 Å². The van der Waals surface area contributed by atoms with Gasteiger partial charge in [-0.2, -0.15) is 0 Å². The highest BCUT2D eigenvalue weighted by Gasteiger charge is 2.29. The molecule has 0 aromatic heterocycles. The molecule has 16 heavy (non-hydrogen) atoms. The molecule has 1 aliphatic rings. The summed E-state index contributed by atoms with van der Waals surface area (Å²) in [5.41, 5.74) is 5.78. The van der Waals surface area contributed by atoms with Crippen molar-refractivity contribution >= 4 is 0 Å². The second-order valence-corrected chi connectivity index (χ2v) is 5.39. The van der Waals surface area contributed by atoms with Crippen molar-refractivity contribution in [3.8, 4) is 0 Å². The Balaban J connectivity index is 2.06. The fraction of sp³-hybridized carbons (Fsp3) is 1.00. The maximum atomic E-state index is 5.78. The minimum absolute atomic E-state index is 0.504. The second-order valence-electron chi connectivity index (χ2n) is 5.39. The zero-order chi connectivity index (χ0) is 12.0. The second kappa shape index (κ2) is 7.25. The van der Waals surface area contributed by atoms with Crippen molar-refractivity contribution in [1.29, 1.82) is 0 Å². The van der Waals surface area contributed by atoms with E-state index in [0.717, 1.165) is 25.6 Å². The van der Waals surface area contributed by atoms with Crippen molar-refractivity contribution in [2.24, 2.45) is 17.6 Å². The van der Waals surface area contributed by atoms with E-state index in [9.17, 15) is 0 Å². The molecule has 0 aliphatic heterocycles. The van der Waals surface area contributed by atoms with E-state index in [4.69, 9.17) is 10.5 Å². The number of nitrogens with one attached hydrogen (secondary N) is 1. The Labute approximate surface area is 100 Å². The summed E-state index contributed by atoms with van der Waals surface area (Å²) in [6.45, 7) is 9.29. The standard InChI is InChI=1S/C13H28N2O/c1-4-16-13-6-12(7-13)15-9-11(8-14)5-10(2)3/h10-13,15H,4-9,14H2,1-3H3. The van der Waals surface area contributed by atoms with Crippen molar-refractivity contribution in [2.75, 3.05) is 19.7 Å². The fourth-order valence-electron chi connectivity index (χ4n) is 2.37. The van der Waals surface area contributed by atoms with E-state index in [1.807, 2.05) is 0 Å². The lowest BCUT2D eigenvalue weighted by atomic mass is 9.88. The molecule has 1 saturated carbocycles.